The van der Waals surface area contributed by atoms with Crippen LogP contribution in [-0.4, -0.2) is 28.8 Å². The molecule has 3 rings (SSSR count). The molecular weight excluding hydrogens is 425 g/mol. The van der Waals surface area contributed by atoms with E-state index in [-0.39, 0.29) is 24.0 Å². The van der Waals surface area contributed by atoms with E-state index in [4.69, 9.17) is 0 Å². The molecule has 0 atom stereocenters. The van der Waals surface area contributed by atoms with Gasteiger partial charge in [0.05, 0.1) is 6.54 Å². The maximum Gasteiger partial charge on any atom is 0.191 e. The van der Waals surface area contributed by atoms with Crippen molar-refractivity contribution in [1.82, 2.24) is 20.4 Å². The van der Waals surface area contributed by atoms with E-state index in [1.54, 1.807) is 0 Å². The third kappa shape index (κ3) is 6.34. The summed E-state index contributed by atoms with van der Waals surface area (Å²) in [6.45, 7) is 1.58. The fourth-order valence-electron chi connectivity index (χ4n) is 3.24. The maximum atomic E-state index is 4.36. The second-order valence-corrected chi connectivity index (χ2v) is 6.43. The number of hydrogen-bond donors (Lipinski definition) is 2. The number of guanidine groups is 1. The summed E-state index contributed by atoms with van der Waals surface area (Å²) in [6, 6.07) is 11.1. The first kappa shape index (κ1) is 19.8. The molecule has 136 valence electrons. The summed E-state index contributed by atoms with van der Waals surface area (Å²) in [5, 5.41) is 11.3. The molecule has 1 saturated carbocycles. The molecule has 2 N–H and O–H groups in total. The highest BCUT2D eigenvalue weighted by Crippen LogP contribution is 2.17. The molecule has 0 amide bonds. The Hall–Kier alpha value is -1.57. The molecule has 1 aromatic heterocycles. The topological polar surface area (TPSA) is 54.2 Å². The molecule has 1 aliphatic rings. The number of aromatic nitrogens is 2. The van der Waals surface area contributed by atoms with Gasteiger partial charge in [-0.15, -0.1) is 24.0 Å². The predicted molar refractivity (Wildman–Crippen MR) is 113 cm³/mol. The first-order valence-corrected chi connectivity index (χ1v) is 8.86. The molecular formula is C19H28IN5. The van der Waals surface area contributed by atoms with Crippen LogP contribution in [0.4, 0.5) is 0 Å². The highest BCUT2D eigenvalue weighted by atomic mass is 127. The van der Waals surface area contributed by atoms with E-state index in [1.807, 2.05) is 30.2 Å². The van der Waals surface area contributed by atoms with Crippen LogP contribution in [0.5, 0.6) is 0 Å². The Balaban J connectivity index is 0.00000225. The normalized spacial score (nSPS) is 15.5. The van der Waals surface area contributed by atoms with Crippen molar-refractivity contribution < 1.29 is 0 Å². The fraction of sp³-hybridized carbons (Fsp3) is 0.474. The Bertz CT molecular complexity index is 648. The zero-order chi connectivity index (χ0) is 16.6. The Labute approximate surface area is 167 Å². The van der Waals surface area contributed by atoms with Crippen molar-refractivity contribution in [3.05, 3.63) is 53.9 Å². The molecule has 1 heterocycles. The summed E-state index contributed by atoms with van der Waals surface area (Å²) < 4.78 is 1.94. The number of halogens is 1. The summed E-state index contributed by atoms with van der Waals surface area (Å²) in [6.07, 6.45) is 10.3. The van der Waals surface area contributed by atoms with Crippen LogP contribution in [0, 0.1) is 0 Å². The Morgan fingerprint density at radius 3 is 2.72 bits per heavy atom. The summed E-state index contributed by atoms with van der Waals surface area (Å²) >= 11 is 0. The van der Waals surface area contributed by atoms with Crippen molar-refractivity contribution in [2.45, 2.75) is 51.2 Å². The molecule has 2 aromatic rings. The van der Waals surface area contributed by atoms with Crippen LogP contribution in [0.2, 0.25) is 0 Å². The minimum atomic E-state index is 0. The zero-order valence-electron chi connectivity index (χ0n) is 14.8. The molecule has 0 saturated heterocycles. The Kier molecular flexibility index (Phi) is 8.24. The number of hydrogen-bond acceptors (Lipinski definition) is 2. The highest BCUT2D eigenvalue weighted by Gasteiger charge is 2.14. The van der Waals surface area contributed by atoms with Gasteiger partial charge in [0.2, 0.25) is 0 Å². The van der Waals surface area contributed by atoms with Gasteiger partial charge in [-0.05, 0) is 30.0 Å². The van der Waals surface area contributed by atoms with E-state index < -0.39 is 0 Å². The summed E-state index contributed by atoms with van der Waals surface area (Å²) in [7, 11) is 1.84. The predicted octanol–water partition coefficient (Wildman–Crippen LogP) is 3.55. The van der Waals surface area contributed by atoms with Gasteiger partial charge in [-0.3, -0.25) is 9.67 Å². The molecule has 1 aliphatic carbocycles. The van der Waals surface area contributed by atoms with Gasteiger partial charge in [0.1, 0.15) is 0 Å². The third-order valence-electron chi connectivity index (χ3n) is 4.52. The Morgan fingerprint density at radius 2 is 2.00 bits per heavy atom. The number of aliphatic imine (C=N–C) groups is 1. The van der Waals surface area contributed by atoms with E-state index >= 15 is 0 Å². The lowest BCUT2D eigenvalue weighted by Crippen LogP contribution is -2.43. The van der Waals surface area contributed by atoms with Crippen LogP contribution in [0.1, 0.15) is 43.2 Å². The van der Waals surface area contributed by atoms with E-state index in [1.165, 1.54) is 43.2 Å². The van der Waals surface area contributed by atoms with E-state index in [9.17, 15) is 0 Å². The number of benzene rings is 1. The van der Waals surface area contributed by atoms with Crippen molar-refractivity contribution in [3.63, 3.8) is 0 Å². The van der Waals surface area contributed by atoms with Gasteiger partial charge < -0.3 is 10.6 Å². The quantitative estimate of drug-likeness (QED) is 0.414. The van der Waals surface area contributed by atoms with Gasteiger partial charge in [-0.25, -0.2) is 0 Å². The van der Waals surface area contributed by atoms with Crippen molar-refractivity contribution in [3.8, 4) is 0 Å². The minimum absolute atomic E-state index is 0. The van der Waals surface area contributed by atoms with Crippen molar-refractivity contribution in [1.29, 1.82) is 0 Å². The van der Waals surface area contributed by atoms with Gasteiger partial charge >= 0.3 is 0 Å². The fourth-order valence-corrected chi connectivity index (χ4v) is 3.24. The van der Waals surface area contributed by atoms with E-state index in [0.29, 0.717) is 6.04 Å². The molecule has 6 heteroatoms. The summed E-state index contributed by atoms with van der Waals surface area (Å²) in [4.78, 5) is 4.36. The van der Waals surface area contributed by atoms with Crippen LogP contribution in [0.15, 0.2) is 47.7 Å². The molecule has 0 aliphatic heterocycles. The van der Waals surface area contributed by atoms with Crippen LogP contribution in [-0.2, 0) is 13.1 Å². The monoisotopic (exact) mass is 453 g/mol. The molecule has 0 unspecified atom stereocenters. The molecule has 25 heavy (non-hydrogen) atoms. The van der Waals surface area contributed by atoms with E-state index in [0.717, 1.165) is 19.0 Å². The van der Waals surface area contributed by atoms with Crippen LogP contribution < -0.4 is 10.6 Å². The largest absolute Gasteiger partial charge is 0.354 e. The average molecular weight is 453 g/mol. The van der Waals surface area contributed by atoms with Crippen molar-refractivity contribution in [2.75, 3.05) is 7.05 Å². The first-order chi connectivity index (χ1) is 11.8. The van der Waals surface area contributed by atoms with Gasteiger partial charge in [0, 0.05) is 32.0 Å². The maximum absolute atomic E-state index is 4.36. The molecule has 0 spiro atoms. The van der Waals surface area contributed by atoms with Gasteiger partial charge in [0.15, 0.2) is 5.96 Å². The zero-order valence-corrected chi connectivity index (χ0v) is 17.1. The SMILES string of the molecule is CN=C(NCc1cccc(Cn2cccn2)c1)NC1CCCCC1.I. The first-order valence-electron chi connectivity index (χ1n) is 8.86. The highest BCUT2D eigenvalue weighted by molar-refractivity contribution is 14.0. The lowest BCUT2D eigenvalue weighted by atomic mass is 9.96. The molecule has 0 radical (unpaired) electrons. The number of nitrogens with zero attached hydrogens (tertiary/aromatic N) is 3. The molecule has 1 aromatic carbocycles. The average Bonchev–Trinajstić information content (AvgIpc) is 3.13. The molecule has 0 bridgehead atoms. The second kappa shape index (κ2) is 10.4. The smallest absolute Gasteiger partial charge is 0.191 e. The summed E-state index contributed by atoms with van der Waals surface area (Å²) in [5.74, 6) is 0.902. The second-order valence-electron chi connectivity index (χ2n) is 6.43. The number of rotatable bonds is 5. The third-order valence-corrected chi connectivity index (χ3v) is 4.52. The van der Waals surface area contributed by atoms with Crippen LogP contribution in [0.25, 0.3) is 0 Å². The van der Waals surface area contributed by atoms with Crippen molar-refractivity contribution >= 4 is 29.9 Å². The standard InChI is InChI=1S/C19H27N5.HI/c1-20-19(23-18-9-3-2-4-10-18)21-14-16-7-5-8-17(13-16)15-24-12-6-11-22-24;/h5-8,11-13,18H,2-4,9-10,14-15H2,1H3,(H2,20,21,23);1H. The van der Waals surface area contributed by atoms with Gasteiger partial charge in [-0.1, -0.05) is 43.5 Å². The lowest BCUT2D eigenvalue weighted by molar-refractivity contribution is 0.410. The summed E-state index contributed by atoms with van der Waals surface area (Å²) in [5.41, 5.74) is 2.51. The van der Waals surface area contributed by atoms with Crippen molar-refractivity contribution in [2.24, 2.45) is 4.99 Å². The minimum Gasteiger partial charge on any atom is -0.354 e. The Morgan fingerprint density at radius 1 is 1.20 bits per heavy atom. The van der Waals surface area contributed by atoms with Crippen LogP contribution in [0.3, 0.4) is 0 Å². The van der Waals surface area contributed by atoms with Gasteiger partial charge in [0.25, 0.3) is 0 Å². The van der Waals surface area contributed by atoms with E-state index in [2.05, 4.69) is 45.0 Å². The molecule has 5 nitrogen and oxygen atoms in total. The van der Waals surface area contributed by atoms with Crippen LogP contribution >= 0.6 is 24.0 Å². The van der Waals surface area contributed by atoms with Gasteiger partial charge in [-0.2, -0.15) is 5.10 Å². The molecule has 1 fully saturated rings. The lowest BCUT2D eigenvalue weighted by Gasteiger charge is -2.25. The number of nitrogens with one attached hydrogen (secondary N) is 2.